The summed E-state index contributed by atoms with van der Waals surface area (Å²) in [5.41, 5.74) is -0.218. The van der Waals surface area contributed by atoms with Gasteiger partial charge in [-0.25, -0.2) is 9.97 Å². The van der Waals surface area contributed by atoms with Crippen molar-refractivity contribution in [3.63, 3.8) is 0 Å². The van der Waals surface area contributed by atoms with Gasteiger partial charge in [-0.05, 0) is 29.7 Å². The van der Waals surface area contributed by atoms with Crippen molar-refractivity contribution in [2.45, 2.75) is 0 Å². The zero-order valence-corrected chi connectivity index (χ0v) is 10.0. The van der Waals surface area contributed by atoms with Gasteiger partial charge in [-0.15, -0.1) is 0 Å². The standard InChI is InChI=1S/C13H8ClN3O/c14-12-11-9(4-7-16-12)5-8-17(13(11)18)10-3-1-2-6-15-10/h1-8H. The molecule has 0 unspecified atom stereocenters. The van der Waals surface area contributed by atoms with E-state index in [1.54, 1.807) is 36.8 Å². The van der Waals surface area contributed by atoms with E-state index in [-0.39, 0.29) is 10.7 Å². The lowest BCUT2D eigenvalue weighted by atomic mass is 10.2. The van der Waals surface area contributed by atoms with Gasteiger partial charge >= 0.3 is 0 Å². The Labute approximate surface area is 108 Å². The average Bonchev–Trinajstić information content (AvgIpc) is 2.40. The minimum absolute atomic E-state index is 0.211. The van der Waals surface area contributed by atoms with Crippen molar-refractivity contribution in [3.8, 4) is 5.82 Å². The number of aromatic nitrogens is 3. The lowest BCUT2D eigenvalue weighted by molar-refractivity contribution is 0.954. The molecular weight excluding hydrogens is 250 g/mol. The van der Waals surface area contributed by atoms with Crippen LogP contribution in [0.2, 0.25) is 5.15 Å². The van der Waals surface area contributed by atoms with Crippen molar-refractivity contribution >= 4 is 22.4 Å². The van der Waals surface area contributed by atoms with Crippen LogP contribution in [0.4, 0.5) is 0 Å². The van der Waals surface area contributed by atoms with Gasteiger partial charge in [0.1, 0.15) is 11.0 Å². The Morgan fingerprint density at radius 3 is 2.72 bits per heavy atom. The average molecular weight is 258 g/mol. The summed E-state index contributed by atoms with van der Waals surface area (Å²) in [5.74, 6) is 0.560. The fourth-order valence-corrected chi connectivity index (χ4v) is 2.07. The molecule has 88 valence electrons. The monoisotopic (exact) mass is 257 g/mol. The van der Waals surface area contributed by atoms with Crippen molar-refractivity contribution < 1.29 is 0 Å². The first kappa shape index (κ1) is 10.9. The molecule has 18 heavy (non-hydrogen) atoms. The van der Waals surface area contributed by atoms with Crippen LogP contribution in [-0.2, 0) is 0 Å². The second kappa shape index (κ2) is 4.23. The van der Waals surface area contributed by atoms with E-state index in [2.05, 4.69) is 9.97 Å². The number of rotatable bonds is 1. The van der Waals surface area contributed by atoms with Crippen LogP contribution < -0.4 is 5.56 Å². The minimum atomic E-state index is -0.218. The van der Waals surface area contributed by atoms with Crippen LogP contribution >= 0.6 is 11.6 Å². The van der Waals surface area contributed by atoms with E-state index < -0.39 is 0 Å². The third kappa shape index (κ3) is 1.67. The first-order valence-electron chi connectivity index (χ1n) is 5.34. The first-order valence-corrected chi connectivity index (χ1v) is 5.72. The van der Waals surface area contributed by atoms with Crippen molar-refractivity contribution in [2.75, 3.05) is 0 Å². The largest absolute Gasteiger partial charge is 0.268 e. The highest BCUT2D eigenvalue weighted by Crippen LogP contribution is 2.17. The molecule has 0 bridgehead atoms. The molecule has 0 fully saturated rings. The molecule has 5 heteroatoms. The molecule has 0 aliphatic rings. The third-order valence-electron chi connectivity index (χ3n) is 2.67. The number of halogens is 1. The normalized spacial score (nSPS) is 10.7. The molecule has 3 heterocycles. The molecule has 0 aliphatic heterocycles. The Hall–Kier alpha value is -2.20. The molecule has 3 aromatic rings. The number of hydrogen-bond acceptors (Lipinski definition) is 3. The molecule has 3 rings (SSSR count). The van der Waals surface area contributed by atoms with Crippen molar-refractivity contribution in [2.24, 2.45) is 0 Å². The fraction of sp³-hybridized carbons (Fsp3) is 0. The molecule has 0 saturated carbocycles. The zero-order valence-electron chi connectivity index (χ0n) is 9.25. The highest BCUT2D eigenvalue weighted by molar-refractivity contribution is 6.34. The Morgan fingerprint density at radius 2 is 1.94 bits per heavy atom. The summed E-state index contributed by atoms with van der Waals surface area (Å²) in [6, 6.07) is 8.95. The van der Waals surface area contributed by atoms with E-state index >= 15 is 0 Å². The van der Waals surface area contributed by atoms with Gasteiger partial charge in [0.05, 0.1) is 5.39 Å². The lowest BCUT2D eigenvalue weighted by Gasteiger charge is -2.06. The van der Waals surface area contributed by atoms with Crippen LogP contribution in [0.3, 0.4) is 0 Å². The maximum Gasteiger partial charge on any atom is 0.267 e. The Morgan fingerprint density at radius 1 is 1.06 bits per heavy atom. The smallest absolute Gasteiger partial charge is 0.267 e. The summed E-state index contributed by atoms with van der Waals surface area (Å²) < 4.78 is 1.45. The highest BCUT2D eigenvalue weighted by atomic mass is 35.5. The van der Waals surface area contributed by atoms with Gasteiger partial charge in [0.2, 0.25) is 0 Å². The second-order valence-electron chi connectivity index (χ2n) is 3.74. The van der Waals surface area contributed by atoms with E-state index in [4.69, 9.17) is 11.6 Å². The van der Waals surface area contributed by atoms with E-state index in [0.29, 0.717) is 11.2 Å². The predicted octanol–water partition coefficient (Wildman–Crippen LogP) is 2.43. The van der Waals surface area contributed by atoms with Gasteiger partial charge in [-0.3, -0.25) is 9.36 Å². The van der Waals surface area contributed by atoms with Gasteiger partial charge in [-0.2, -0.15) is 0 Å². The van der Waals surface area contributed by atoms with Crippen LogP contribution in [0.1, 0.15) is 0 Å². The van der Waals surface area contributed by atoms with Crippen LogP contribution in [0.15, 0.2) is 53.7 Å². The maximum atomic E-state index is 12.3. The molecule has 0 aromatic carbocycles. The molecule has 0 spiro atoms. The van der Waals surface area contributed by atoms with Crippen LogP contribution in [0, 0.1) is 0 Å². The second-order valence-corrected chi connectivity index (χ2v) is 4.10. The quantitative estimate of drug-likeness (QED) is 0.629. The van der Waals surface area contributed by atoms with Gasteiger partial charge in [0, 0.05) is 18.6 Å². The zero-order chi connectivity index (χ0) is 12.5. The third-order valence-corrected chi connectivity index (χ3v) is 2.96. The molecule has 0 aliphatic carbocycles. The van der Waals surface area contributed by atoms with Crippen LogP contribution in [0.25, 0.3) is 16.6 Å². The summed E-state index contributed by atoms with van der Waals surface area (Å²) in [5, 5.41) is 1.39. The van der Waals surface area contributed by atoms with Gasteiger partial charge in [-0.1, -0.05) is 17.7 Å². The number of pyridine rings is 3. The van der Waals surface area contributed by atoms with Gasteiger partial charge < -0.3 is 0 Å². The van der Waals surface area contributed by atoms with Gasteiger partial charge in [0.25, 0.3) is 5.56 Å². The summed E-state index contributed by atoms with van der Waals surface area (Å²) in [4.78, 5) is 20.4. The highest BCUT2D eigenvalue weighted by Gasteiger charge is 2.08. The predicted molar refractivity (Wildman–Crippen MR) is 70.1 cm³/mol. The molecule has 0 atom stereocenters. The van der Waals surface area contributed by atoms with Crippen molar-refractivity contribution in [1.29, 1.82) is 0 Å². The number of hydrogen-bond donors (Lipinski definition) is 0. The Balaban J connectivity index is 2.37. The SMILES string of the molecule is O=c1c2c(Cl)nccc2ccn1-c1ccccn1. The summed E-state index contributed by atoms with van der Waals surface area (Å²) >= 11 is 5.98. The maximum absolute atomic E-state index is 12.3. The molecule has 0 saturated heterocycles. The van der Waals surface area contributed by atoms with E-state index in [1.165, 1.54) is 4.57 Å². The molecule has 3 aromatic heterocycles. The fourth-order valence-electron chi connectivity index (χ4n) is 1.82. The Kier molecular flexibility index (Phi) is 2.57. The topological polar surface area (TPSA) is 47.8 Å². The molecule has 0 amide bonds. The molecule has 0 N–H and O–H groups in total. The Bertz CT molecular complexity index is 768. The van der Waals surface area contributed by atoms with Crippen molar-refractivity contribution in [3.05, 3.63) is 64.4 Å². The lowest BCUT2D eigenvalue weighted by Crippen LogP contribution is -2.18. The minimum Gasteiger partial charge on any atom is -0.268 e. The first-order chi connectivity index (χ1) is 8.77. The van der Waals surface area contributed by atoms with Crippen LogP contribution in [0.5, 0.6) is 0 Å². The van der Waals surface area contributed by atoms with Crippen LogP contribution in [-0.4, -0.2) is 14.5 Å². The molecule has 4 nitrogen and oxygen atoms in total. The summed E-state index contributed by atoms with van der Waals surface area (Å²) in [6.07, 6.45) is 4.90. The van der Waals surface area contributed by atoms with Gasteiger partial charge in [0.15, 0.2) is 0 Å². The summed E-state index contributed by atoms with van der Waals surface area (Å²) in [7, 11) is 0. The summed E-state index contributed by atoms with van der Waals surface area (Å²) in [6.45, 7) is 0. The van der Waals surface area contributed by atoms with Crippen molar-refractivity contribution in [1.82, 2.24) is 14.5 Å². The number of fused-ring (bicyclic) bond motifs is 1. The van der Waals surface area contributed by atoms with E-state index in [1.807, 2.05) is 12.1 Å². The van der Waals surface area contributed by atoms with E-state index in [9.17, 15) is 4.79 Å². The molecular formula is C13H8ClN3O. The molecule has 0 radical (unpaired) electrons. The number of nitrogens with zero attached hydrogens (tertiary/aromatic N) is 3. The van der Waals surface area contributed by atoms with E-state index in [0.717, 1.165) is 5.39 Å².